The normalized spacial score (nSPS) is 11.8. The van der Waals surface area contributed by atoms with Crippen LogP contribution in [0, 0.1) is 6.92 Å². The molecule has 2 rings (SSSR count). The minimum absolute atomic E-state index is 0.147. The zero-order valence-corrected chi connectivity index (χ0v) is 12.9. The molecule has 0 saturated heterocycles. The van der Waals surface area contributed by atoms with Crippen molar-refractivity contribution >= 4 is 17.5 Å². The van der Waals surface area contributed by atoms with Crippen LogP contribution >= 0.6 is 11.6 Å². The van der Waals surface area contributed by atoms with Gasteiger partial charge in [-0.1, -0.05) is 41.4 Å². The number of rotatable bonds is 5. The van der Waals surface area contributed by atoms with Crippen molar-refractivity contribution in [1.29, 1.82) is 0 Å². The molecule has 4 heteroatoms. The molecule has 0 spiro atoms. The minimum Gasteiger partial charge on any atom is -0.481 e. The van der Waals surface area contributed by atoms with E-state index in [1.165, 1.54) is 5.56 Å². The van der Waals surface area contributed by atoms with Gasteiger partial charge in [-0.2, -0.15) is 0 Å². The molecule has 110 valence electrons. The fourth-order valence-electron chi connectivity index (χ4n) is 1.93. The molecule has 0 aliphatic rings. The molecule has 0 fully saturated rings. The van der Waals surface area contributed by atoms with Gasteiger partial charge in [0.2, 0.25) is 0 Å². The predicted molar refractivity (Wildman–Crippen MR) is 84.6 cm³/mol. The van der Waals surface area contributed by atoms with Crippen molar-refractivity contribution in [3.05, 3.63) is 64.7 Å². The van der Waals surface area contributed by atoms with Crippen molar-refractivity contribution in [2.75, 3.05) is 0 Å². The summed E-state index contributed by atoms with van der Waals surface area (Å²) < 4.78 is 5.57. The smallest absolute Gasteiger partial charge is 0.261 e. The van der Waals surface area contributed by atoms with E-state index in [2.05, 4.69) is 5.32 Å². The number of amides is 1. The molecular weight excluding hydrogens is 286 g/mol. The van der Waals surface area contributed by atoms with E-state index in [0.29, 0.717) is 17.3 Å². The van der Waals surface area contributed by atoms with Gasteiger partial charge in [-0.05, 0) is 43.7 Å². The van der Waals surface area contributed by atoms with Gasteiger partial charge >= 0.3 is 0 Å². The van der Waals surface area contributed by atoms with Crippen molar-refractivity contribution in [3.63, 3.8) is 0 Å². The summed E-state index contributed by atoms with van der Waals surface area (Å²) in [7, 11) is 0. The van der Waals surface area contributed by atoms with Gasteiger partial charge in [0.25, 0.3) is 5.91 Å². The number of nitrogens with one attached hydrogen (secondary N) is 1. The number of hydrogen-bond acceptors (Lipinski definition) is 2. The van der Waals surface area contributed by atoms with Crippen molar-refractivity contribution in [1.82, 2.24) is 5.32 Å². The monoisotopic (exact) mass is 303 g/mol. The van der Waals surface area contributed by atoms with E-state index in [0.717, 1.165) is 5.56 Å². The first-order chi connectivity index (χ1) is 10.0. The SMILES string of the molecule is Cc1cccc(CNC(=O)[C@H](C)Oc2ccc(Cl)cc2)c1. The minimum atomic E-state index is -0.559. The number of aryl methyl sites for hydroxylation is 1. The molecule has 0 bridgehead atoms. The summed E-state index contributed by atoms with van der Waals surface area (Å²) in [5.41, 5.74) is 2.24. The Bertz CT molecular complexity index is 610. The highest BCUT2D eigenvalue weighted by Gasteiger charge is 2.14. The highest BCUT2D eigenvalue weighted by atomic mass is 35.5. The number of carbonyl (C=O) groups excluding carboxylic acids is 1. The first-order valence-electron chi connectivity index (χ1n) is 6.80. The molecule has 3 nitrogen and oxygen atoms in total. The molecule has 0 aliphatic carbocycles. The van der Waals surface area contributed by atoms with Crippen LogP contribution in [0.5, 0.6) is 5.75 Å². The van der Waals surface area contributed by atoms with Gasteiger partial charge in [0, 0.05) is 11.6 Å². The third-order valence-electron chi connectivity index (χ3n) is 3.04. The zero-order valence-electron chi connectivity index (χ0n) is 12.1. The van der Waals surface area contributed by atoms with E-state index in [9.17, 15) is 4.79 Å². The van der Waals surface area contributed by atoms with Gasteiger partial charge in [0.1, 0.15) is 5.75 Å². The Hall–Kier alpha value is -2.00. The van der Waals surface area contributed by atoms with Crippen molar-refractivity contribution in [2.24, 2.45) is 0 Å². The maximum atomic E-state index is 12.0. The number of carbonyl (C=O) groups is 1. The number of hydrogen-bond donors (Lipinski definition) is 1. The first-order valence-corrected chi connectivity index (χ1v) is 7.18. The molecule has 1 atom stereocenters. The highest BCUT2D eigenvalue weighted by Crippen LogP contribution is 2.16. The van der Waals surface area contributed by atoms with E-state index < -0.39 is 6.10 Å². The molecule has 0 aromatic heterocycles. The topological polar surface area (TPSA) is 38.3 Å². The summed E-state index contributed by atoms with van der Waals surface area (Å²) in [6.45, 7) is 4.24. The van der Waals surface area contributed by atoms with Crippen LogP contribution in [0.25, 0.3) is 0 Å². The molecule has 0 saturated carbocycles. The van der Waals surface area contributed by atoms with E-state index in [-0.39, 0.29) is 5.91 Å². The number of benzene rings is 2. The highest BCUT2D eigenvalue weighted by molar-refractivity contribution is 6.30. The molecule has 21 heavy (non-hydrogen) atoms. The van der Waals surface area contributed by atoms with Crippen LogP contribution in [-0.4, -0.2) is 12.0 Å². The Balaban J connectivity index is 1.86. The Morgan fingerprint density at radius 1 is 1.24 bits per heavy atom. The third-order valence-corrected chi connectivity index (χ3v) is 3.30. The second-order valence-electron chi connectivity index (χ2n) is 4.92. The quantitative estimate of drug-likeness (QED) is 0.914. The van der Waals surface area contributed by atoms with E-state index in [1.807, 2.05) is 31.2 Å². The summed E-state index contributed by atoms with van der Waals surface area (Å²) in [6, 6.07) is 15.0. The van der Waals surface area contributed by atoms with Gasteiger partial charge in [-0.15, -0.1) is 0 Å². The maximum absolute atomic E-state index is 12.0. The van der Waals surface area contributed by atoms with Gasteiger partial charge in [0.15, 0.2) is 6.10 Å². The Morgan fingerprint density at radius 2 is 1.95 bits per heavy atom. The summed E-state index contributed by atoms with van der Waals surface area (Å²) in [5, 5.41) is 3.51. The van der Waals surface area contributed by atoms with Crippen molar-refractivity contribution in [3.8, 4) is 5.75 Å². The Morgan fingerprint density at radius 3 is 2.62 bits per heavy atom. The second-order valence-corrected chi connectivity index (χ2v) is 5.36. The van der Waals surface area contributed by atoms with Crippen molar-refractivity contribution in [2.45, 2.75) is 26.5 Å². The van der Waals surface area contributed by atoms with Crippen LogP contribution in [0.1, 0.15) is 18.1 Å². The summed E-state index contributed by atoms with van der Waals surface area (Å²) in [4.78, 5) is 12.0. The predicted octanol–water partition coefficient (Wildman–Crippen LogP) is 3.73. The first kappa shape index (κ1) is 15.4. The lowest BCUT2D eigenvalue weighted by Crippen LogP contribution is -2.35. The Labute approximate surface area is 129 Å². The van der Waals surface area contributed by atoms with Gasteiger partial charge in [-0.25, -0.2) is 0 Å². The van der Waals surface area contributed by atoms with Gasteiger partial charge in [0.05, 0.1) is 0 Å². The fourth-order valence-corrected chi connectivity index (χ4v) is 2.05. The number of ether oxygens (including phenoxy) is 1. The largest absolute Gasteiger partial charge is 0.481 e. The van der Waals surface area contributed by atoms with Crippen LogP contribution in [0.2, 0.25) is 5.02 Å². The van der Waals surface area contributed by atoms with Gasteiger partial charge in [-0.3, -0.25) is 4.79 Å². The molecular formula is C17H18ClNO2. The lowest BCUT2D eigenvalue weighted by atomic mass is 10.1. The number of halogens is 1. The molecule has 1 amide bonds. The Kier molecular flexibility index (Phi) is 5.23. The standard InChI is InChI=1S/C17H18ClNO2/c1-12-4-3-5-14(10-12)11-19-17(20)13(2)21-16-8-6-15(18)7-9-16/h3-10,13H,11H2,1-2H3,(H,19,20)/t13-/m0/s1. The molecule has 0 aliphatic heterocycles. The van der Waals surface area contributed by atoms with Crippen LogP contribution in [-0.2, 0) is 11.3 Å². The van der Waals surface area contributed by atoms with E-state index in [1.54, 1.807) is 31.2 Å². The molecule has 2 aromatic carbocycles. The summed E-state index contributed by atoms with van der Waals surface area (Å²) in [6.07, 6.45) is -0.559. The van der Waals surface area contributed by atoms with Crippen LogP contribution in [0.3, 0.4) is 0 Å². The molecule has 2 aromatic rings. The maximum Gasteiger partial charge on any atom is 0.261 e. The average molecular weight is 304 g/mol. The third kappa shape index (κ3) is 4.80. The van der Waals surface area contributed by atoms with E-state index in [4.69, 9.17) is 16.3 Å². The average Bonchev–Trinajstić information content (AvgIpc) is 2.47. The van der Waals surface area contributed by atoms with Crippen LogP contribution in [0.15, 0.2) is 48.5 Å². The van der Waals surface area contributed by atoms with Crippen LogP contribution < -0.4 is 10.1 Å². The zero-order chi connectivity index (χ0) is 15.2. The molecule has 0 unspecified atom stereocenters. The summed E-state index contributed by atoms with van der Waals surface area (Å²) >= 11 is 5.81. The van der Waals surface area contributed by atoms with Crippen molar-refractivity contribution < 1.29 is 9.53 Å². The molecule has 0 heterocycles. The van der Waals surface area contributed by atoms with Crippen LogP contribution in [0.4, 0.5) is 0 Å². The van der Waals surface area contributed by atoms with Gasteiger partial charge < -0.3 is 10.1 Å². The lowest BCUT2D eigenvalue weighted by Gasteiger charge is -2.15. The second kappa shape index (κ2) is 7.14. The molecule has 1 N–H and O–H groups in total. The van der Waals surface area contributed by atoms with E-state index >= 15 is 0 Å². The fraction of sp³-hybridized carbons (Fsp3) is 0.235. The lowest BCUT2D eigenvalue weighted by molar-refractivity contribution is -0.127. The summed E-state index contributed by atoms with van der Waals surface area (Å²) in [5.74, 6) is 0.476. The molecule has 0 radical (unpaired) electrons.